The number of nitrogens with one attached hydrogen (secondary N) is 2. The number of aryl methyl sites for hydroxylation is 1. The molecule has 4 rings (SSSR count). The first-order valence-corrected chi connectivity index (χ1v) is 8.73. The zero-order valence-corrected chi connectivity index (χ0v) is 14.5. The average Bonchev–Trinajstić information content (AvgIpc) is 2.93. The average molecular weight is 354 g/mol. The first kappa shape index (κ1) is 15.1. The normalized spacial score (nSPS) is 11.1. The first-order valence-electron chi connectivity index (χ1n) is 7.53. The molecule has 2 aromatic carbocycles. The molecular weight excluding hydrogens is 340 g/mol. The molecule has 1 amide bonds. The number of anilines is 1. The molecule has 0 aliphatic rings. The summed E-state index contributed by atoms with van der Waals surface area (Å²) in [6.07, 6.45) is 0. The van der Waals surface area contributed by atoms with Gasteiger partial charge in [-0.05, 0) is 24.3 Å². The van der Waals surface area contributed by atoms with Crippen molar-refractivity contribution >= 4 is 55.5 Å². The number of rotatable bonds is 2. The highest BCUT2D eigenvalue weighted by molar-refractivity contribution is 7.21. The predicted molar refractivity (Wildman–Crippen MR) is 100 cm³/mol. The van der Waals surface area contributed by atoms with Gasteiger partial charge in [0.2, 0.25) is 5.52 Å². The standard InChI is InChI=1S/C19H13ClN2OS/c1-11-9-10-12-5-4-7-14(17(12)21-11)22-19(23)18-16(20)13-6-2-3-8-15(13)24-18/h2-10H,1H3,(H,22,23)/p+1. The van der Waals surface area contributed by atoms with E-state index in [9.17, 15) is 4.79 Å². The molecule has 2 N–H and O–H groups in total. The monoisotopic (exact) mass is 353 g/mol. The fraction of sp³-hybridized carbons (Fsp3) is 0.0526. The third-order valence-electron chi connectivity index (χ3n) is 3.92. The summed E-state index contributed by atoms with van der Waals surface area (Å²) in [6, 6.07) is 17.6. The topological polar surface area (TPSA) is 43.2 Å². The molecule has 0 aliphatic heterocycles. The van der Waals surface area contributed by atoms with E-state index in [-0.39, 0.29) is 5.91 Å². The fourth-order valence-corrected chi connectivity index (χ4v) is 4.16. The van der Waals surface area contributed by atoms with Crippen LogP contribution in [0.25, 0.3) is 21.0 Å². The van der Waals surface area contributed by atoms with Crippen molar-refractivity contribution < 1.29 is 9.78 Å². The molecule has 0 saturated carbocycles. The van der Waals surface area contributed by atoms with Gasteiger partial charge < -0.3 is 5.32 Å². The lowest BCUT2D eigenvalue weighted by Crippen LogP contribution is -2.15. The molecule has 2 aromatic heterocycles. The Morgan fingerprint density at radius 2 is 1.92 bits per heavy atom. The van der Waals surface area contributed by atoms with Gasteiger partial charge in [0.05, 0.1) is 5.02 Å². The van der Waals surface area contributed by atoms with Crippen LogP contribution >= 0.6 is 22.9 Å². The number of thiophene rings is 1. The Morgan fingerprint density at radius 1 is 1.08 bits per heavy atom. The minimum absolute atomic E-state index is 0.191. The summed E-state index contributed by atoms with van der Waals surface area (Å²) in [4.78, 5) is 16.6. The van der Waals surface area contributed by atoms with Gasteiger partial charge in [-0.3, -0.25) is 4.79 Å². The van der Waals surface area contributed by atoms with E-state index in [0.717, 1.165) is 32.4 Å². The van der Waals surface area contributed by atoms with E-state index in [0.29, 0.717) is 9.90 Å². The zero-order chi connectivity index (χ0) is 16.7. The van der Waals surface area contributed by atoms with Crippen molar-refractivity contribution in [3.8, 4) is 0 Å². The number of para-hydroxylation sites is 1. The maximum absolute atomic E-state index is 12.7. The minimum atomic E-state index is -0.191. The Morgan fingerprint density at radius 3 is 2.75 bits per heavy atom. The second-order valence-electron chi connectivity index (χ2n) is 5.61. The fourth-order valence-electron chi connectivity index (χ4n) is 2.75. The molecule has 2 heterocycles. The quantitative estimate of drug-likeness (QED) is 0.536. The number of pyridine rings is 1. The summed E-state index contributed by atoms with van der Waals surface area (Å²) in [5, 5.41) is 5.45. The SMILES string of the molecule is Cc1ccc2cccc(NC(=O)c3sc4ccccc4c3Cl)c2[nH+]1. The third-order valence-corrected chi connectivity index (χ3v) is 5.60. The highest BCUT2D eigenvalue weighted by Crippen LogP contribution is 2.35. The van der Waals surface area contributed by atoms with Crippen LogP contribution in [0.15, 0.2) is 54.6 Å². The second kappa shape index (κ2) is 5.89. The van der Waals surface area contributed by atoms with Crippen LogP contribution in [0.3, 0.4) is 0 Å². The molecule has 24 heavy (non-hydrogen) atoms. The van der Waals surface area contributed by atoms with Gasteiger partial charge in [0.15, 0.2) is 5.69 Å². The lowest BCUT2D eigenvalue weighted by molar-refractivity contribution is -0.354. The van der Waals surface area contributed by atoms with Crippen molar-refractivity contribution in [2.45, 2.75) is 6.92 Å². The molecule has 0 spiro atoms. The van der Waals surface area contributed by atoms with E-state index in [1.165, 1.54) is 11.3 Å². The van der Waals surface area contributed by atoms with Crippen LogP contribution in [-0.4, -0.2) is 5.91 Å². The van der Waals surface area contributed by atoms with Gasteiger partial charge in [-0.1, -0.05) is 35.9 Å². The van der Waals surface area contributed by atoms with Gasteiger partial charge in [0, 0.05) is 28.5 Å². The number of benzene rings is 2. The summed E-state index contributed by atoms with van der Waals surface area (Å²) in [5.74, 6) is -0.191. The van der Waals surface area contributed by atoms with Crippen molar-refractivity contribution in [1.82, 2.24) is 0 Å². The van der Waals surface area contributed by atoms with E-state index in [2.05, 4.69) is 10.3 Å². The first-order chi connectivity index (χ1) is 11.6. The maximum atomic E-state index is 12.7. The summed E-state index contributed by atoms with van der Waals surface area (Å²) >= 11 is 7.81. The van der Waals surface area contributed by atoms with Crippen molar-refractivity contribution in [1.29, 1.82) is 0 Å². The third kappa shape index (κ3) is 2.54. The van der Waals surface area contributed by atoms with Crippen LogP contribution in [0.1, 0.15) is 15.4 Å². The van der Waals surface area contributed by atoms with Gasteiger partial charge >= 0.3 is 0 Å². The van der Waals surface area contributed by atoms with Gasteiger partial charge in [0.25, 0.3) is 5.91 Å². The molecule has 0 bridgehead atoms. The number of carbonyl (C=O) groups excluding carboxylic acids is 1. The highest BCUT2D eigenvalue weighted by Gasteiger charge is 2.19. The van der Waals surface area contributed by atoms with Crippen LogP contribution in [-0.2, 0) is 0 Å². The van der Waals surface area contributed by atoms with Crippen molar-refractivity contribution in [3.05, 3.63) is 70.2 Å². The van der Waals surface area contributed by atoms with Crippen molar-refractivity contribution in [2.75, 3.05) is 5.32 Å². The number of aromatic nitrogens is 1. The minimum Gasteiger partial charge on any atom is -0.316 e. The lowest BCUT2D eigenvalue weighted by atomic mass is 10.1. The van der Waals surface area contributed by atoms with Gasteiger partial charge in [0.1, 0.15) is 10.6 Å². The van der Waals surface area contributed by atoms with Crippen LogP contribution < -0.4 is 10.3 Å². The zero-order valence-electron chi connectivity index (χ0n) is 12.9. The highest BCUT2D eigenvalue weighted by atomic mass is 35.5. The smallest absolute Gasteiger partial charge is 0.267 e. The number of amides is 1. The van der Waals surface area contributed by atoms with E-state index < -0.39 is 0 Å². The Hall–Kier alpha value is -2.43. The van der Waals surface area contributed by atoms with Gasteiger partial charge in [-0.25, -0.2) is 4.98 Å². The summed E-state index contributed by atoms with van der Waals surface area (Å²) in [6.45, 7) is 1.99. The van der Waals surface area contributed by atoms with E-state index in [1.807, 2.05) is 61.5 Å². The lowest BCUT2D eigenvalue weighted by Gasteiger charge is -2.04. The molecule has 3 nitrogen and oxygen atoms in total. The molecule has 0 fully saturated rings. The molecule has 0 saturated heterocycles. The van der Waals surface area contributed by atoms with Crippen LogP contribution in [0.2, 0.25) is 5.02 Å². The molecule has 118 valence electrons. The molecule has 0 unspecified atom stereocenters. The van der Waals surface area contributed by atoms with Gasteiger partial charge in [-0.15, -0.1) is 11.3 Å². The molecule has 5 heteroatoms. The largest absolute Gasteiger partial charge is 0.316 e. The van der Waals surface area contributed by atoms with E-state index in [1.54, 1.807) is 0 Å². The van der Waals surface area contributed by atoms with Gasteiger partial charge in [-0.2, -0.15) is 0 Å². The van der Waals surface area contributed by atoms with Crippen LogP contribution in [0, 0.1) is 6.92 Å². The second-order valence-corrected chi connectivity index (χ2v) is 7.04. The summed E-state index contributed by atoms with van der Waals surface area (Å²) in [7, 11) is 0. The van der Waals surface area contributed by atoms with Crippen LogP contribution in [0.4, 0.5) is 5.69 Å². The molecule has 0 radical (unpaired) electrons. The number of H-pyrrole nitrogens is 1. The number of fused-ring (bicyclic) bond motifs is 2. The molecule has 4 aromatic rings. The van der Waals surface area contributed by atoms with Crippen molar-refractivity contribution in [3.63, 3.8) is 0 Å². The van der Waals surface area contributed by atoms with E-state index >= 15 is 0 Å². The Balaban J connectivity index is 1.76. The summed E-state index contributed by atoms with van der Waals surface area (Å²) in [5.41, 5.74) is 2.68. The number of halogens is 1. The Kier molecular flexibility index (Phi) is 3.71. The molecule has 0 atom stereocenters. The number of carbonyl (C=O) groups is 1. The predicted octanol–water partition coefficient (Wildman–Crippen LogP) is 5.08. The number of hydrogen-bond acceptors (Lipinski definition) is 2. The molecule has 0 aliphatic carbocycles. The number of aromatic amines is 1. The molecular formula is C19H14ClN2OS+. The number of hydrogen-bond donors (Lipinski definition) is 1. The Labute approximate surface area is 147 Å². The van der Waals surface area contributed by atoms with Crippen LogP contribution in [0.5, 0.6) is 0 Å². The van der Waals surface area contributed by atoms with Crippen molar-refractivity contribution in [2.24, 2.45) is 0 Å². The van der Waals surface area contributed by atoms with E-state index in [4.69, 9.17) is 11.6 Å². The Bertz CT molecular complexity index is 1090. The summed E-state index contributed by atoms with van der Waals surface area (Å²) < 4.78 is 1.01. The maximum Gasteiger partial charge on any atom is 0.267 e.